The first kappa shape index (κ1) is 21.0. The van der Waals surface area contributed by atoms with E-state index < -0.39 is 0 Å². The fourth-order valence-corrected chi connectivity index (χ4v) is 3.94. The minimum absolute atomic E-state index is 0.186. The SMILES string of the molecule is C/C=C(C)/C=C/C1CC1(CCC)c1cc(C(C)(C)C)cc(C(C)(C)C)c1. The number of benzene rings is 1. The van der Waals surface area contributed by atoms with E-state index in [1.54, 1.807) is 5.56 Å². The summed E-state index contributed by atoms with van der Waals surface area (Å²) in [7, 11) is 0. The van der Waals surface area contributed by atoms with Gasteiger partial charge in [-0.15, -0.1) is 0 Å². The molecule has 0 spiro atoms. The van der Waals surface area contributed by atoms with Crippen molar-refractivity contribution in [2.24, 2.45) is 5.92 Å². The topological polar surface area (TPSA) is 0 Å². The number of hydrogen-bond acceptors (Lipinski definition) is 0. The monoisotopic (exact) mass is 352 g/mol. The van der Waals surface area contributed by atoms with E-state index in [4.69, 9.17) is 0 Å². The van der Waals surface area contributed by atoms with Gasteiger partial charge in [-0.25, -0.2) is 0 Å². The summed E-state index contributed by atoms with van der Waals surface area (Å²) >= 11 is 0. The van der Waals surface area contributed by atoms with E-state index in [1.807, 2.05) is 0 Å². The highest BCUT2D eigenvalue weighted by Gasteiger charge is 2.53. The van der Waals surface area contributed by atoms with Crippen LogP contribution in [-0.4, -0.2) is 0 Å². The third-order valence-electron chi connectivity index (χ3n) is 6.12. The molecule has 0 amide bonds. The van der Waals surface area contributed by atoms with E-state index in [0.29, 0.717) is 11.3 Å². The zero-order valence-electron chi connectivity index (χ0n) is 18.7. The summed E-state index contributed by atoms with van der Waals surface area (Å²) in [6.45, 7) is 20.7. The van der Waals surface area contributed by atoms with Crippen molar-refractivity contribution in [3.63, 3.8) is 0 Å². The average molecular weight is 353 g/mol. The van der Waals surface area contributed by atoms with Crippen molar-refractivity contribution in [3.8, 4) is 0 Å². The second-order valence-corrected chi connectivity index (χ2v) is 10.4. The molecule has 1 fully saturated rings. The highest BCUT2D eigenvalue weighted by atomic mass is 14.6. The molecule has 26 heavy (non-hydrogen) atoms. The van der Waals surface area contributed by atoms with Gasteiger partial charge in [-0.3, -0.25) is 0 Å². The van der Waals surface area contributed by atoms with Crippen molar-refractivity contribution in [3.05, 3.63) is 58.7 Å². The van der Waals surface area contributed by atoms with Crippen LogP contribution in [0.2, 0.25) is 0 Å². The molecule has 1 saturated carbocycles. The Morgan fingerprint density at radius 2 is 1.58 bits per heavy atom. The van der Waals surface area contributed by atoms with Crippen LogP contribution in [0, 0.1) is 5.92 Å². The fourth-order valence-electron chi connectivity index (χ4n) is 3.94. The third kappa shape index (κ3) is 4.51. The van der Waals surface area contributed by atoms with Crippen molar-refractivity contribution in [2.45, 2.75) is 97.8 Å². The second kappa shape index (κ2) is 7.37. The number of hydrogen-bond donors (Lipinski definition) is 0. The maximum Gasteiger partial charge on any atom is 0.00222 e. The van der Waals surface area contributed by atoms with Gasteiger partial charge in [0.15, 0.2) is 0 Å². The van der Waals surface area contributed by atoms with Crippen LogP contribution in [0.1, 0.15) is 98.3 Å². The molecular weight excluding hydrogens is 312 g/mol. The van der Waals surface area contributed by atoms with Crippen LogP contribution in [-0.2, 0) is 16.2 Å². The van der Waals surface area contributed by atoms with Gasteiger partial charge in [-0.05, 0) is 60.1 Å². The van der Waals surface area contributed by atoms with E-state index in [2.05, 4.69) is 98.7 Å². The first-order chi connectivity index (χ1) is 11.9. The Balaban J connectivity index is 2.51. The second-order valence-electron chi connectivity index (χ2n) is 10.4. The minimum atomic E-state index is 0.186. The van der Waals surface area contributed by atoms with Gasteiger partial charge in [0.05, 0.1) is 0 Å². The van der Waals surface area contributed by atoms with Crippen molar-refractivity contribution in [1.82, 2.24) is 0 Å². The Labute approximate surface area is 162 Å². The van der Waals surface area contributed by atoms with Crippen molar-refractivity contribution < 1.29 is 0 Å². The van der Waals surface area contributed by atoms with E-state index in [0.717, 1.165) is 0 Å². The standard InChI is InChI=1S/C26H40/c1-10-14-26(18-20(26)13-12-19(3)11-2)23-16-21(24(4,5)6)15-22(17-23)25(7,8)9/h11-13,15-17,20H,10,14,18H2,1-9H3/b13-12+,19-11+. The maximum atomic E-state index is 2.52. The lowest BCUT2D eigenvalue weighted by molar-refractivity contribution is 0.547. The molecule has 0 aliphatic heterocycles. The Kier molecular flexibility index (Phi) is 5.96. The Bertz CT molecular complexity index is 655. The Morgan fingerprint density at radius 1 is 1.04 bits per heavy atom. The molecule has 1 aromatic carbocycles. The molecule has 0 heterocycles. The van der Waals surface area contributed by atoms with Crippen LogP contribution >= 0.6 is 0 Å². The zero-order chi connectivity index (χ0) is 19.8. The van der Waals surface area contributed by atoms with Crippen LogP contribution in [0.25, 0.3) is 0 Å². The van der Waals surface area contributed by atoms with Crippen molar-refractivity contribution in [2.75, 3.05) is 0 Å². The quantitative estimate of drug-likeness (QED) is 0.473. The summed E-state index contributed by atoms with van der Waals surface area (Å²) in [5.74, 6) is 0.681. The molecule has 1 aliphatic carbocycles. The number of rotatable bonds is 5. The Hall–Kier alpha value is -1.30. The minimum Gasteiger partial charge on any atom is -0.0847 e. The molecular formula is C26H40. The lowest BCUT2D eigenvalue weighted by atomic mass is 9.76. The van der Waals surface area contributed by atoms with Crippen LogP contribution in [0.15, 0.2) is 42.0 Å². The molecule has 2 rings (SSSR count). The van der Waals surface area contributed by atoms with E-state index in [-0.39, 0.29) is 10.8 Å². The van der Waals surface area contributed by atoms with Crippen molar-refractivity contribution in [1.29, 1.82) is 0 Å². The summed E-state index contributed by atoms with van der Waals surface area (Å²) in [4.78, 5) is 0. The molecule has 144 valence electrons. The normalized spacial score (nSPS) is 24.3. The van der Waals surface area contributed by atoms with Gasteiger partial charge >= 0.3 is 0 Å². The van der Waals surface area contributed by atoms with E-state index >= 15 is 0 Å². The third-order valence-corrected chi connectivity index (χ3v) is 6.12. The van der Waals surface area contributed by atoms with Crippen LogP contribution in [0.5, 0.6) is 0 Å². The summed E-state index contributed by atoms with van der Waals surface area (Å²) in [6.07, 6.45) is 10.8. The van der Waals surface area contributed by atoms with E-state index in [1.165, 1.54) is 36.0 Å². The van der Waals surface area contributed by atoms with E-state index in [9.17, 15) is 0 Å². The molecule has 0 N–H and O–H groups in total. The molecule has 0 saturated heterocycles. The highest BCUT2D eigenvalue weighted by Crippen LogP contribution is 2.59. The van der Waals surface area contributed by atoms with Crippen LogP contribution < -0.4 is 0 Å². The van der Waals surface area contributed by atoms with Gasteiger partial charge < -0.3 is 0 Å². The molecule has 0 bridgehead atoms. The lowest BCUT2D eigenvalue weighted by Gasteiger charge is -2.28. The molecule has 0 nitrogen and oxygen atoms in total. The zero-order valence-corrected chi connectivity index (χ0v) is 18.7. The summed E-state index contributed by atoms with van der Waals surface area (Å²) in [6, 6.07) is 7.48. The molecule has 0 radical (unpaired) electrons. The summed E-state index contributed by atoms with van der Waals surface area (Å²) in [5.41, 5.74) is 6.62. The predicted octanol–water partition coefficient (Wildman–Crippen LogP) is 7.86. The average Bonchev–Trinajstić information content (AvgIpc) is 3.25. The van der Waals surface area contributed by atoms with Gasteiger partial charge in [0.2, 0.25) is 0 Å². The van der Waals surface area contributed by atoms with Crippen LogP contribution in [0.3, 0.4) is 0 Å². The summed E-state index contributed by atoms with van der Waals surface area (Å²) in [5, 5.41) is 0. The summed E-state index contributed by atoms with van der Waals surface area (Å²) < 4.78 is 0. The van der Waals surface area contributed by atoms with Crippen molar-refractivity contribution >= 4 is 0 Å². The molecule has 1 aromatic rings. The lowest BCUT2D eigenvalue weighted by Crippen LogP contribution is -2.20. The molecule has 0 aromatic heterocycles. The largest absolute Gasteiger partial charge is 0.0847 e. The van der Waals surface area contributed by atoms with Gasteiger partial charge in [0.1, 0.15) is 0 Å². The van der Waals surface area contributed by atoms with Gasteiger partial charge in [0, 0.05) is 5.41 Å². The number of allylic oxidation sites excluding steroid dienone is 4. The van der Waals surface area contributed by atoms with Gasteiger partial charge in [-0.1, -0.05) is 96.9 Å². The van der Waals surface area contributed by atoms with Crippen LogP contribution in [0.4, 0.5) is 0 Å². The molecule has 2 unspecified atom stereocenters. The molecule has 1 aliphatic rings. The first-order valence-electron chi connectivity index (χ1n) is 10.4. The highest BCUT2D eigenvalue weighted by molar-refractivity contribution is 5.45. The van der Waals surface area contributed by atoms with Gasteiger partial charge in [0.25, 0.3) is 0 Å². The maximum absolute atomic E-state index is 2.52. The van der Waals surface area contributed by atoms with Gasteiger partial charge in [-0.2, -0.15) is 0 Å². The molecule has 2 atom stereocenters. The predicted molar refractivity (Wildman–Crippen MR) is 117 cm³/mol. The Morgan fingerprint density at radius 3 is 2.00 bits per heavy atom. The fraction of sp³-hybridized carbons (Fsp3) is 0.615. The molecule has 0 heteroatoms. The smallest absolute Gasteiger partial charge is 0.00222 e. The first-order valence-corrected chi connectivity index (χ1v) is 10.4.